The molecule has 4 rings (SSSR count). The number of nitrogens with one attached hydrogen (secondary N) is 1. The number of benzene rings is 1. The number of fused-ring (bicyclic) bond motifs is 1. The second-order valence-electron chi connectivity index (χ2n) is 6.72. The first-order chi connectivity index (χ1) is 12.6. The molecule has 0 atom stereocenters. The third-order valence-electron chi connectivity index (χ3n) is 4.82. The van der Waals surface area contributed by atoms with Gasteiger partial charge in [0.15, 0.2) is 10.9 Å². The highest BCUT2D eigenvalue weighted by atomic mass is 32.1. The number of aryl methyl sites for hydroxylation is 2. The van der Waals surface area contributed by atoms with Gasteiger partial charge in [0, 0.05) is 19.0 Å². The molecule has 134 valence electrons. The second kappa shape index (κ2) is 6.99. The molecule has 1 aliphatic heterocycles. The fraction of sp³-hybridized carbons (Fsp3) is 0.368. The molecule has 1 amide bonds. The van der Waals surface area contributed by atoms with E-state index in [2.05, 4.69) is 25.4 Å². The molecule has 1 aromatic carbocycles. The van der Waals surface area contributed by atoms with E-state index in [4.69, 9.17) is 0 Å². The summed E-state index contributed by atoms with van der Waals surface area (Å²) in [4.78, 5) is 19.4. The van der Waals surface area contributed by atoms with Crippen LogP contribution in [-0.4, -0.2) is 34.2 Å². The number of carbonyl (C=O) groups excluding carboxylic acids is 1. The van der Waals surface area contributed by atoms with Crippen LogP contribution in [0.15, 0.2) is 30.3 Å². The van der Waals surface area contributed by atoms with Gasteiger partial charge in [0.25, 0.3) is 0 Å². The van der Waals surface area contributed by atoms with Crippen molar-refractivity contribution >= 4 is 38.4 Å². The highest BCUT2D eigenvalue weighted by Crippen LogP contribution is 2.29. The maximum Gasteiger partial charge on any atom is 0.229 e. The van der Waals surface area contributed by atoms with Crippen molar-refractivity contribution in [3.63, 3.8) is 0 Å². The summed E-state index contributed by atoms with van der Waals surface area (Å²) >= 11 is 1.53. The number of carbonyl (C=O) groups is 1. The van der Waals surface area contributed by atoms with E-state index in [0.717, 1.165) is 53.2 Å². The molecular formula is C19H21N5OS. The molecule has 3 heterocycles. The Balaban J connectivity index is 1.38. The van der Waals surface area contributed by atoms with Crippen LogP contribution < -0.4 is 10.2 Å². The normalized spacial score (nSPS) is 15.4. The van der Waals surface area contributed by atoms with E-state index in [1.54, 1.807) is 0 Å². The first-order valence-electron chi connectivity index (χ1n) is 8.82. The molecule has 0 radical (unpaired) electrons. The fourth-order valence-corrected chi connectivity index (χ4v) is 4.23. The Hall–Kier alpha value is -2.54. The molecule has 0 aliphatic carbocycles. The Bertz CT molecular complexity index is 929. The van der Waals surface area contributed by atoms with Crippen molar-refractivity contribution in [1.29, 1.82) is 0 Å². The van der Waals surface area contributed by atoms with Crippen molar-refractivity contribution in [3.8, 4) is 0 Å². The molecule has 1 N–H and O–H groups in total. The van der Waals surface area contributed by atoms with Crippen LogP contribution >= 0.6 is 11.3 Å². The van der Waals surface area contributed by atoms with Crippen molar-refractivity contribution in [2.45, 2.75) is 26.7 Å². The summed E-state index contributed by atoms with van der Waals surface area (Å²) in [6.07, 6.45) is 1.62. The van der Waals surface area contributed by atoms with Gasteiger partial charge in [-0.1, -0.05) is 23.5 Å². The zero-order valence-electron chi connectivity index (χ0n) is 14.9. The van der Waals surface area contributed by atoms with Crippen molar-refractivity contribution in [2.24, 2.45) is 5.92 Å². The van der Waals surface area contributed by atoms with Crippen LogP contribution in [0.1, 0.15) is 24.1 Å². The maximum absolute atomic E-state index is 12.6. The molecular weight excluding hydrogens is 346 g/mol. The van der Waals surface area contributed by atoms with Crippen LogP contribution in [0.4, 0.5) is 10.9 Å². The van der Waals surface area contributed by atoms with Crippen molar-refractivity contribution < 1.29 is 4.79 Å². The van der Waals surface area contributed by atoms with Crippen molar-refractivity contribution in [3.05, 3.63) is 41.6 Å². The number of nitrogens with zero attached hydrogens (tertiary/aromatic N) is 4. The SMILES string of the molecule is Cc1ccc(N2CCC(C(=O)Nc3nc4c(C)cccc4s3)CC2)nn1. The molecule has 6 nitrogen and oxygen atoms in total. The Labute approximate surface area is 156 Å². The summed E-state index contributed by atoms with van der Waals surface area (Å²) in [6, 6.07) is 10.1. The number of hydrogen-bond donors (Lipinski definition) is 1. The van der Waals surface area contributed by atoms with E-state index in [1.165, 1.54) is 11.3 Å². The van der Waals surface area contributed by atoms with Crippen LogP contribution in [0.25, 0.3) is 10.2 Å². The van der Waals surface area contributed by atoms with Gasteiger partial charge in [-0.2, -0.15) is 5.10 Å². The van der Waals surface area contributed by atoms with Crippen LogP contribution in [0, 0.1) is 19.8 Å². The van der Waals surface area contributed by atoms with Gasteiger partial charge in [-0.15, -0.1) is 5.10 Å². The number of piperidine rings is 1. The number of para-hydroxylation sites is 1. The number of thiazole rings is 1. The molecule has 3 aromatic rings. The summed E-state index contributed by atoms with van der Waals surface area (Å²) in [6.45, 7) is 5.60. The van der Waals surface area contributed by atoms with Crippen LogP contribution in [0.5, 0.6) is 0 Å². The number of rotatable bonds is 3. The summed E-state index contributed by atoms with van der Waals surface area (Å²) in [7, 11) is 0. The summed E-state index contributed by atoms with van der Waals surface area (Å²) < 4.78 is 1.10. The van der Waals surface area contributed by atoms with Gasteiger partial charge in [0.1, 0.15) is 0 Å². The van der Waals surface area contributed by atoms with Gasteiger partial charge in [-0.05, 0) is 50.5 Å². The minimum Gasteiger partial charge on any atom is -0.355 e. The number of anilines is 2. The maximum atomic E-state index is 12.6. The van der Waals surface area contributed by atoms with E-state index in [9.17, 15) is 4.79 Å². The minimum absolute atomic E-state index is 0.0118. The second-order valence-corrected chi connectivity index (χ2v) is 7.75. The van der Waals surface area contributed by atoms with Gasteiger partial charge >= 0.3 is 0 Å². The Kier molecular flexibility index (Phi) is 4.55. The highest BCUT2D eigenvalue weighted by Gasteiger charge is 2.26. The Morgan fingerprint density at radius 1 is 1.15 bits per heavy atom. The molecule has 1 aliphatic rings. The number of amides is 1. The monoisotopic (exact) mass is 367 g/mol. The highest BCUT2D eigenvalue weighted by molar-refractivity contribution is 7.22. The zero-order chi connectivity index (χ0) is 18.1. The van der Waals surface area contributed by atoms with Crippen LogP contribution in [0.3, 0.4) is 0 Å². The summed E-state index contributed by atoms with van der Waals surface area (Å²) in [5.41, 5.74) is 3.02. The van der Waals surface area contributed by atoms with E-state index in [0.29, 0.717) is 5.13 Å². The third kappa shape index (κ3) is 3.39. The Morgan fingerprint density at radius 3 is 2.65 bits per heavy atom. The van der Waals surface area contributed by atoms with E-state index in [1.807, 2.05) is 44.2 Å². The fourth-order valence-electron chi connectivity index (χ4n) is 3.28. The van der Waals surface area contributed by atoms with Gasteiger partial charge in [-0.3, -0.25) is 4.79 Å². The molecule has 7 heteroatoms. The molecule has 2 aromatic heterocycles. The quantitative estimate of drug-likeness (QED) is 0.766. The van der Waals surface area contributed by atoms with E-state index < -0.39 is 0 Å². The lowest BCUT2D eigenvalue weighted by Gasteiger charge is -2.31. The molecule has 1 saturated heterocycles. The first-order valence-corrected chi connectivity index (χ1v) is 9.64. The lowest BCUT2D eigenvalue weighted by molar-refractivity contribution is -0.120. The average Bonchev–Trinajstić information content (AvgIpc) is 3.06. The average molecular weight is 367 g/mol. The molecule has 26 heavy (non-hydrogen) atoms. The molecule has 1 fully saturated rings. The van der Waals surface area contributed by atoms with Crippen LogP contribution in [0.2, 0.25) is 0 Å². The van der Waals surface area contributed by atoms with Gasteiger partial charge < -0.3 is 10.2 Å². The standard InChI is InChI=1S/C19H21N5OS/c1-12-4-3-5-15-17(12)20-19(26-15)21-18(25)14-8-10-24(11-9-14)16-7-6-13(2)22-23-16/h3-7,14H,8-11H2,1-2H3,(H,20,21,25). The number of aromatic nitrogens is 3. The summed E-state index contributed by atoms with van der Waals surface area (Å²) in [5, 5.41) is 12.1. The molecule has 0 unspecified atom stereocenters. The number of hydrogen-bond acceptors (Lipinski definition) is 6. The predicted octanol–water partition coefficient (Wildman–Crippen LogP) is 3.56. The van der Waals surface area contributed by atoms with Gasteiger partial charge in [-0.25, -0.2) is 4.98 Å². The third-order valence-corrected chi connectivity index (χ3v) is 5.76. The smallest absolute Gasteiger partial charge is 0.229 e. The Morgan fingerprint density at radius 2 is 1.96 bits per heavy atom. The first kappa shape index (κ1) is 16.9. The van der Waals surface area contributed by atoms with Crippen molar-refractivity contribution in [1.82, 2.24) is 15.2 Å². The topological polar surface area (TPSA) is 71.0 Å². The minimum atomic E-state index is 0.0118. The molecule has 0 bridgehead atoms. The van der Waals surface area contributed by atoms with E-state index in [-0.39, 0.29) is 11.8 Å². The molecule has 0 saturated carbocycles. The summed E-state index contributed by atoms with van der Waals surface area (Å²) in [5.74, 6) is 0.963. The molecule has 0 spiro atoms. The predicted molar refractivity (Wildman–Crippen MR) is 105 cm³/mol. The van der Waals surface area contributed by atoms with Crippen molar-refractivity contribution in [2.75, 3.05) is 23.3 Å². The zero-order valence-corrected chi connectivity index (χ0v) is 15.7. The largest absolute Gasteiger partial charge is 0.355 e. The van der Waals surface area contributed by atoms with E-state index >= 15 is 0 Å². The van der Waals surface area contributed by atoms with Gasteiger partial charge in [0.05, 0.1) is 15.9 Å². The lowest BCUT2D eigenvalue weighted by Crippen LogP contribution is -2.38. The van der Waals surface area contributed by atoms with Crippen LogP contribution in [-0.2, 0) is 4.79 Å². The lowest BCUT2D eigenvalue weighted by atomic mass is 9.96. The van der Waals surface area contributed by atoms with Gasteiger partial charge in [0.2, 0.25) is 5.91 Å².